The van der Waals surface area contributed by atoms with E-state index in [1.807, 2.05) is 20.8 Å². The molecule has 3 rings (SSSR count). The van der Waals surface area contributed by atoms with Crippen molar-refractivity contribution >= 4 is 11.6 Å². The molecule has 0 saturated heterocycles. The van der Waals surface area contributed by atoms with Gasteiger partial charge in [0.2, 0.25) is 0 Å². The fourth-order valence-electron chi connectivity index (χ4n) is 2.77. The van der Waals surface area contributed by atoms with Crippen molar-refractivity contribution in [1.29, 1.82) is 0 Å². The highest BCUT2D eigenvalue weighted by Gasteiger charge is 2.35. The number of H-pyrrole nitrogens is 1. The highest BCUT2D eigenvalue weighted by molar-refractivity contribution is 5.96. The maximum atomic E-state index is 12.7. The Morgan fingerprint density at radius 1 is 1.26 bits per heavy atom. The maximum Gasteiger partial charge on any atom is 0.278 e. The van der Waals surface area contributed by atoms with Crippen LogP contribution in [0.25, 0.3) is 5.65 Å². The van der Waals surface area contributed by atoms with Crippen molar-refractivity contribution in [2.24, 2.45) is 0 Å². The molecule has 2 N–H and O–H groups in total. The summed E-state index contributed by atoms with van der Waals surface area (Å²) in [6.45, 7) is 9.70. The van der Waals surface area contributed by atoms with Gasteiger partial charge in [-0.2, -0.15) is 0 Å². The van der Waals surface area contributed by atoms with E-state index in [1.165, 1.54) is 9.42 Å². The first kappa shape index (κ1) is 15.7. The molecule has 0 radical (unpaired) electrons. The Morgan fingerprint density at radius 3 is 2.48 bits per heavy atom. The summed E-state index contributed by atoms with van der Waals surface area (Å²) in [6.07, 6.45) is 0. The van der Waals surface area contributed by atoms with Gasteiger partial charge in [-0.1, -0.05) is 20.8 Å². The Hall–Kier alpha value is -2.15. The number of fused-ring (bicyclic) bond motifs is 2. The summed E-state index contributed by atoms with van der Waals surface area (Å²) >= 11 is 0. The predicted molar refractivity (Wildman–Crippen MR) is 85.6 cm³/mol. The van der Waals surface area contributed by atoms with Gasteiger partial charge in [-0.05, 0) is 13.8 Å². The third kappa shape index (κ3) is 2.65. The Bertz CT molecular complexity index is 849. The van der Waals surface area contributed by atoms with E-state index in [0.717, 1.165) is 5.69 Å². The molecule has 0 spiro atoms. The fraction of sp³-hybridized carbons (Fsp3) is 0.562. The lowest BCUT2D eigenvalue weighted by molar-refractivity contribution is 0.0312. The summed E-state index contributed by atoms with van der Waals surface area (Å²) in [7, 11) is 0. The minimum Gasteiger partial charge on any atom is -0.389 e. The molecule has 0 atom stereocenters. The number of aromatic nitrogens is 3. The normalized spacial score (nSPS) is 15.6. The van der Waals surface area contributed by atoms with E-state index in [2.05, 4.69) is 10.1 Å². The van der Waals surface area contributed by atoms with Gasteiger partial charge in [0.05, 0.1) is 17.7 Å². The fourth-order valence-corrected chi connectivity index (χ4v) is 2.77. The van der Waals surface area contributed by atoms with Crippen LogP contribution >= 0.6 is 0 Å². The van der Waals surface area contributed by atoms with Gasteiger partial charge in [-0.3, -0.25) is 14.7 Å². The smallest absolute Gasteiger partial charge is 0.278 e. The zero-order valence-electron chi connectivity index (χ0n) is 14.1. The number of hydrogen-bond acceptors (Lipinski definition) is 4. The van der Waals surface area contributed by atoms with Crippen LogP contribution in [0.5, 0.6) is 0 Å². The first-order valence-corrected chi connectivity index (χ1v) is 7.64. The third-order valence-corrected chi connectivity index (χ3v) is 3.93. The standard InChI is InChI=1S/C16H22N4O3/c1-15(2,3)10-6-11-17-12-9(13(21)20(11)18-10)7-19(14(12)22)8-16(4,5)23/h6,18,23H,7-8H2,1-5H3. The molecule has 0 aromatic carbocycles. The summed E-state index contributed by atoms with van der Waals surface area (Å²) in [6, 6.07) is 1.80. The third-order valence-electron chi connectivity index (χ3n) is 3.93. The zero-order valence-corrected chi connectivity index (χ0v) is 14.1. The second-order valence-corrected chi connectivity index (χ2v) is 7.83. The number of hydrogen-bond donors (Lipinski definition) is 2. The van der Waals surface area contributed by atoms with Crippen LogP contribution in [0, 0.1) is 0 Å². The molecular weight excluding hydrogens is 296 g/mol. The average Bonchev–Trinajstić information content (AvgIpc) is 2.93. The van der Waals surface area contributed by atoms with E-state index < -0.39 is 5.60 Å². The molecule has 0 unspecified atom stereocenters. The summed E-state index contributed by atoms with van der Waals surface area (Å²) in [4.78, 5) is 31.0. The predicted octanol–water partition coefficient (Wildman–Crippen LogP) is 1.05. The number of nitrogens with zero attached hydrogens (tertiary/aromatic N) is 3. The minimum atomic E-state index is -1.02. The van der Waals surface area contributed by atoms with Crippen LogP contribution in [-0.2, 0) is 12.0 Å². The lowest BCUT2D eigenvalue weighted by Gasteiger charge is -2.24. The zero-order chi connectivity index (χ0) is 17.2. The van der Waals surface area contributed by atoms with Crippen LogP contribution in [-0.4, -0.2) is 42.7 Å². The summed E-state index contributed by atoms with van der Waals surface area (Å²) in [5, 5.41) is 13.0. The molecule has 2 aromatic heterocycles. The molecule has 124 valence electrons. The Balaban J connectivity index is 2.09. The van der Waals surface area contributed by atoms with Gasteiger partial charge in [0, 0.05) is 23.7 Å². The number of aromatic amines is 1. The van der Waals surface area contributed by atoms with E-state index in [9.17, 15) is 14.7 Å². The number of amides is 1. The second-order valence-electron chi connectivity index (χ2n) is 7.83. The number of aliphatic hydroxyl groups is 1. The highest BCUT2D eigenvalue weighted by atomic mass is 16.3. The number of carbonyl (C=O) groups is 1. The molecule has 7 nitrogen and oxygen atoms in total. The Kier molecular flexibility index (Phi) is 3.20. The minimum absolute atomic E-state index is 0.151. The molecule has 0 aliphatic carbocycles. The lowest BCUT2D eigenvalue weighted by Crippen LogP contribution is -2.38. The van der Waals surface area contributed by atoms with Crippen LogP contribution in [0.4, 0.5) is 0 Å². The van der Waals surface area contributed by atoms with Gasteiger partial charge in [0.25, 0.3) is 11.5 Å². The second kappa shape index (κ2) is 4.67. The van der Waals surface area contributed by atoms with Crippen LogP contribution in [0.3, 0.4) is 0 Å². The average molecular weight is 318 g/mol. The van der Waals surface area contributed by atoms with Crippen molar-refractivity contribution in [2.75, 3.05) is 6.54 Å². The molecule has 23 heavy (non-hydrogen) atoms. The molecule has 1 aliphatic rings. The van der Waals surface area contributed by atoms with Gasteiger partial charge in [0.1, 0.15) is 5.69 Å². The number of carbonyl (C=O) groups excluding carboxylic acids is 1. The molecule has 1 aliphatic heterocycles. The van der Waals surface area contributed by atoms with Gasteiger partial charge in [0.15, 0.2) is 5.65 Å². The quantitative estimate of drug-likeness (QED) is 0.866. The van der Waals surface area contributed by atoms with E-state index >= 15 is 0 Å². The van der Waals surface area contributed by atoms with E-state index in [4.69, 9.17) is 0 Å². The first-order valence-electron chi connectivity index (χ1n) is 7.64. The molecule has 1 amide bonds. The number of nitrogens with one attached hydrogen (secondary N) is 1. The molecule has 0 saturated carbocycles. The van der Waals surface area contributed by atoms with Crippen molar-refractivity contribution < 1.29 is 9.90 Å². The lowest BCUT2D eigenvalue weighted by atomic mass is 9.93. The van der Waals surface area contributed by atoms with Crippen LogP contribution in [0.2, 0.25) is 0 Å². The summed E-state index contributed by atoms with van der Waals surface area (Å²) in [5.41, 5.74) is 0.462. The monoisotopic (exact) mass is 318 g/mol. The molecular formula is C16H22N4O3. The first-order chi connectivity index (χ1) is 10.5. The van der Waals surface area contributed by atoms with Crippen LogP contribution in [0.15, 0.2) is 10.9 Å². The Morgan fingerprint density at radius 2 is 1.91 bits per heavy atom. The number of β-amino-alcohol motifs (C(OH)–C–C–N with tert-alkyl or cyclic N) is 1. The number of rotatable bonds is 2. The van der Waals surface area contributed by atoms with Gasteiger partial charge in [-0.25, -0.2) is 9.50 Å². The maximum absolute atomic E-state index is 12.7. The van der Waals surface area contributed by atoms with Crippen molar-refractivity contribution in [3.63, 3.8) is 0 Å². The molecule has 3 heterocycles. The van der Waals surface area contributed by atoms with Crippen LogP contribution < -0.4 is 5.56 Å². The molecule has 2 aromatic rings. The van der Waals surface area contributed by atoms with E-state index in [-0.39, 0.29) is 35.7 Å². The van der Waals surface area contributed by atoms with Gasteiger partial charge >= 0.3 is 0 Å². The summed E-state index contributed by atoms with van der Waals surface area (Å²) in [5.74, 6) is -0.305. The van der Waals surface area contributed by atoms with Crippen molar-refractivity contribution in [1.82, 2.24) is 19.5 Å². The largest absolute Gasteiger partial charge is 0.389 e. The van der Waals surface area contributed by atoms with Crippen molar-refractivity contribution in [3.8, 4) is 0 Å². The van der Waals surface area contributed by atoms with E-state index in [0.29, 0.717) is 11.2 Å². The highest BCUT2D eigenvalue weighted by Crippen LogP contribution is 2.24. The van der Waals surface area contributed by atoms with Crippen molar-refractivity contribution in [2.45, 2.75) is 52.2 Å². The Labute approximate surface area is 133 Å². The van der Waals surface area contributed by atoms with E-state index in [1.54, 1.807) is 19.9 Å². The molecule has 0 bridgehead atoms. The SMILES string of the molecule is CC(C)(O)CN1Cc2c(nc3cc(C(C)(C)C)[nH]n3c2=O)C1=O. The summed E-state index contributed by atoms with van der Waals surface area (Å²) < 4.78 is 1.39. The molecule has 7 heteroatoms. The van der Waals surface area contributed by atoms with Gasteiger partial charge in [-0.15, -0.1) is 0 Å². The topological polar surface area (TPSA) is 90.7 Å². The van der Waals surface area contributed by atoms with Crippen LogP contribution in [0.1, 0.15) is 56.4 Å². The molecule has 0 fully saturated rings. The van der Waals surface area contributed by atoms with Crippen molar-refractivity contribution in [3.05, 3.63) is 33.4 Å². The van der Waals surface area contributed by atoms with Gasteiger partial charge < -0.3 is 10.0 Å².